The third kappa shape index (κ3) is 4.39. The van der Waals surface area contributed by atoms with Gasteiger partial charge in [0.05, 0.1) is 24.6 Å². The molecule has 0 atom stereocenters. The molecule has 28 heavy (non-hydrogen) atoms. The molecular formula is C16H15F4N5O3. The van der Waals surface area contributed by atoms with Crippen LogP contribution in [0.5, 0.6) is 0 Å². The zero-order chi connectivity index (χ0) is 20.3. The van der Waals surface area contributed by atoms with Crippen LogP contribution in [0.3, 0.4) is 0 Å². The molecule has 0 saturated carbocycles. The molecule has 0 fully saturated rings. The molecule has 3 aromatic heterocycles. The van der Waals surface area contributed by atoms with Gasteiger partial charge in [0.1, 0.15) is 23.9 Å². The largest absolute Gasteiger partial charge is 0.454 e. The number of nitrogens with one attached hydrogen (secondary N) is 1. The maximum absolute atomic E-state index is 13.0. The number of anilines is 1. The molecule has 0 aliphatic heterocycles. The van der Waals surface area contributed by atoms with Crippen molar-refractivity contribution in [3.63, 3.8) is 0 Å². The molecule has 0 aromatic carbocycles. The van der Waals surface area contributed by atoms with Crippen LogP contribution in [-0.2, 0) is 18.0 Å². The van der Waals surface area contributed by atoms with Crippen LogP contribution in [0.2, 0.25) is 0 Å². The smallest absolute Gasteiger partial charge is 0.291 e. The predicted molar refractivity (Wildman–Crippen MR) is 87.1 cm³/mol. The van der Waals surface area contributed by atoms with Crippen molar-refractivity contribution < 1.29 is 31.5 Å². The summed E-state index contributed by atoms with van der Waals surface area (Å²) in [5.74, 6) is -0.577. The average molecular weight is 401 g/mol. The maximum atomic E-state index is 13.0. The van der Waals surface area contributed by atoms with Crippen LogP contribution in [-0.4, -0.2) is 32.6 Å². The number of carbonyl (C=O) groups excluding carboxylic acids is 1. The van der Waals surface area contributed by atoms with E-state index in [2.05, 4.69) is 15.5 Å². The summed E-state index contributed by atoms with van der Waals surface area (Å²) in [5.41, 5.74) is -1.02. The van der Waals surface area contributed by atoms with Crippen LogP contribution in [0.1, 0.15) is 40.6 Å². The van der Waals surface area contributed by atoms with E-state index in [1.165, 1.54) is 36.3 Å². The highest BCUT2D eigenvalue weighted by Crippen LogP contribution is 2.26. The van der Waals surface area contributed by atoms with E-state index in [9.17, 15) is 22.4 Å². The highest BCUT2D eigenvalue weighted by atomic mass is 19.3. The molecule has 0 aliphatic rings. The molecule has 150 valence electrons. The minimum absolute atomic E-state index is 0.0886. The molecule has 1 N–H and O–H groups in total. The quantitative estimate of drug-likeness (QED) is 0.584. The fraction of sp³-hybridized carbons (Fsp3) is 0.312. The van der Waals surface area contributed by atoms with Crippen LogP contribution in [0.15, 0.2) is 35.0 Å². The summed E-state index contributed by atoms with van der Waals surface area (Å²) in [6.07, 6.45) is -3.02. The Labute approximate surface area is 155 Å². The van der Waals surface area contributed by atoms with E-state index in [-0.39, 0.29) is 24.8 Å². The number of carbonyl (C=O) groups is 1. The second-order valence-corrected chi connectivity index (χ2v) is 5.66. The van der Waals surface area contributed by atoms with E-state index >= 15 is 0 Å². The molecule has 0 spiro atoms. The predicted octanol–water partition coefficient (Wildman–Crippen LogP) is 3.45. The second-order valence-electron chi connectivity index (χ2n) is 5.66. The summed E-state index contributed by atoms with van der Waals surface area (Å²) in [7, 11) is 1.49. The monoisotopic (exact) mass is 401 g/mol. The Morgan fingerprint density at radius 3 is 2.75 bits per heavy atom. The Hall–Kier alpha value is -3.15. The van der Waals surface area contributed by atoms with Crippen molar-refractivity contribution in [1.29, 1.82) is 0 Å². The summed E-state index contributed by atoms with van der Waals surface area (Å²) in [6.45, 7) is -0.122. The van der Waals surface area contributed by atoms with Crippen LogP contribution in [0, 0.1) is 0 Å². The number of hydrogen-bond donors (Lipinski definition) is 1. The minimum atomic E-state index is -2.98. The summed E-state index contributed by atoms with van der Waals surface area (Å²) < 4.78 is 63.9. The molecule has 0 bridgehead atoms. The van der Waals surface area contributed by atoms with Crippen LogP contribution < -0.4 is 5.32 Å². The van der Waals surface area contributed by atoms with Crippen molar-refractivity contribution in [3.05, 3.63) is 53.5 Å². The first-order valence-electron chi connectivity index (χ1n) is 7.92. The molecule has 8 nitrogen and oxygen atoms in total. The first-order chi connectivity index (χ1) is 13.4. The molecule has 0 unspecified atom stereocenters. The number of nitrogens with zero attached hydrogens (tertiary/aromatic N) is 4. The van der Waals surface area contributed by atoms with Crippen molar-refractivity contribution in [2.24, 2.45) is 0 Å². The van der Waals surface area contributed by atoms with E-state index in [1.54, 1.807) is 0 Å². The standard InChI is InChI=1S/C16H15F4N5O3/c1-27-8-24-6-9(5-21-24)22-16(26)13-3-2-10(28-13)7-25-12(15(19)20)4-11(23-25)14(17)18/h2-6,14-15H,7-8H2,1H3,(H,22,26). The normalized spacial score (nSPS) is 11.5. The van der Waals surface area contributed by atoms with Crippen molar-refractivity contribution in [2.45, 2.75) is 26.1 Å². The third-order valence-electron chi connectivity index (χ3n) is 3.62. The van der Waals surface area contributed by atoms with E-state index < -0.39 is 30.1 Å². The number of alkyl halides is 4. The number of halogens is 4. The van der Waals surface area contributed by atoms with Crippen LogP contribution in [0.4, 0.5) is 23.2 Å². The summed E-state index contributed by atoms with van der Waals surface area (Å²) >= 11 is 0. The van der Waals surface area contributed by atoms with Gasteiger partial charge in [-0.1, -0.05) is 0 Å². The van der Waals surface area contributed by atoms with Gasteiger partial charge in [0.2, 0.25) is 0 Å². The Kier molecular flexibility index (Phi) is 5.78. The number of ether oxygens (including phenoxy) is 1. The molecule has 0 saturated heterocycles. The topological polar surface area (TPSA) is 87.1 Å². The number of furan rings is 1. The Morgan fingerprint density at radius 2 is 2.07 bits per heavy atom. The first-order valence-corrected chi connectivity index (χ1v) is 7.92. The van der Waals surface area contributed by atoms with Crippen molar-refractivity contribution >= 4 is 11.6 Å². The van der Waals surface area contributed by atoms with Gasteiger partial charge in [-0.25, -0.2) is 22.2 Å². The summed E-state index contributed by atoms with van der Waals surface area (Å²) in [4.78, 5) is 12.2. The lowest BCUT2D eigenvalue weighted by Gasteiger charge is -2.04. The highest BCUT2D eigenvalue weighted by molar-refractivity contribution is 6.02. The number of amides is 1. The minimum Gasteiger partial charge on any atom is -0.454 e. The molecule has 1 amide bonds. The van der Waals surface area contributed by atoms with Gasteiger partial charge in [0, 0.05) is 7.11 Å². The Morgan fingerprint density at radius 1 is 1.29 bits per heavy atom. The van der Waals surface area contributed by atoms with Gasteiger partial charge in [-0.15, -0.1) is 0 Å². The maximum Gasteiger partial charge on any atom is 0.291 e. The van der Waals surface area contributed by atoms with Crippen LogP contribution >= 0.6 is 0 Å². The van der Waals surface area contributed by atoms with Gasteiger partial charge < -0.3 is 14.5 Å². The Balaban J connectivity index is 1.70. The first kappa shape index (κ1) is 19.6. The molecule has 0 radical (unpaired) electrons. The lowest BCUT2D eigenvalue weighted by atomic mass is 10.3. The van der Waals surface area contributed by atoms with Gasteiger partial charge >= 0.3 is 0 Å². The third-order valence-corrected chi connectivity index (χ3v) is 3.62. The van der Waals surface area contributed by atoms with Gasteiger partial charge in [-0.05, 0) is 18.2 Å². The van der Waals surface area contributed by atoms with Crippen LogP contribution in [0.25, 0.3) is 0 Å². The van der Waals surface area contributed by atoms with Crippen molar-refractivity contribution in [1.82, 2.24) is 19.6 Å². The average Bonchev–Trinajstić information content (AvgIpc) is 3.35. The zero-order valence-electron chi connectivity index (χ0n) is 14.5. The molecule has 3 rings (SSSR count). The number of hydrogen-bond acceptors (Lipinski definition) is 5. The van der Waals surface area contributed by atoms with E-state index in [0.29, 0.717) is 11.8 Å². The SMILES string of the molecule is COCn1cc(NC(=O)c2ccc(Cn3nc(C(F)F)cc3C(F)F)o2)cn1. The fourth-order valence-corrected chi connectivity index (χ4v) is 2.42. The van der Waals surface area contributed by atoms with Gasteiger partial charge in [-0.2, -0.15) is 10.2 Å². The molecule has 0 aliphatic carbocycles. The highest BCUT2D eigenvalue weighted by Gasteiger charge is 2.22. The molecular weight excluding hydrogens is 386 g/mol. The van der Waals surface area contributed by atoms with Crippen molar-refractivity contribution in [2.75, 3.05) is 12.4 Å². The zero-order valence-corrected chi connectivity index (χ0v) is 14.5. The van der Waals surface area contributed by atoms with Gasteiger partial charge in [0.25, 0.3) is 18.8 Å². The number of aromatic nitrogens is 4. The lowest BCUT2D eigenvalue weighted by Crippen LogP contribution is -2.10. The lowest BCUT2D eigenvalue weighted by molar-refractivity contribution is 0.0993. The van der Waals surface area contributed by atoms with Gasteiger partial charge in [0.15, 0.2) is 5.76 Å². The summed E-state index contributed by atoms with van der Waals surface area (Å²) in [5, 5.41) is 9.98. The number of methoxy groups -OCH3 is 1. The number of rotatable bonds is 8. The summed E-state index contributed by atoms with van der Waals surface area (Å²) in [6, 6.07) is 3.36. The fourth-order valence-electron chi connectivity index (χ4n) is 2.42. The second kappa shape index (κ2) is 8.25. The molecule has 3 heterocycles. The van der Waals surface area contributed by atoms with Gasteiger partial charge in [-0.3, -0.25) is 9.48 Å². The van der Waals surface area contributed by atoms with E-state index in [4.69, 9.17) is 9.15 Å². The van der Waals surface area contributed by atoms with E-state index in [0.717, 1.165) is 4.68 Å². The van der Waals surface area contributed by atoms with Crippen molar-refractivity contribution in [3.8, 4) is 0 Å². The molecule has 12 heteroatoms. The Bertz CT molecular complexity index is 950. The van der Waals surface area contributed by atoms with E-state index in [1.807, 2.05) is 0 Å². The molecule has 3 aromatic rings.